The monoisotopic (exact) mass is 320 g/mol. The number of halogens is 3. The third-order valence-corrected chi connectivity index (χ3v) is 4.83. The highest BCUT2D eigenvalue weighted by atomic mass is 79.9. The summed E-state index contributed by atoms with van der Waals surface area (Å²) in [6, 6.07) is 3.29. The third kappa shape index (κ3) is 2.36. The SMILES string of the molecule is CC1(C)CC1C(NN)c1ccc(Br)c(Cl)c1F. The van der Waals surface area contributed by atoms with E-state index >= 15 is 0 Å². The van der Waals surface area contributed by atoms with Gasteiger partial charge in [0.2, 0.25) is 0 Å². The minimum atomic E-state index is -0.397. The summed E-state index contributed by atoms with van der Waals surface area (Å²) in [4.78, 5) is 0. The van der Waals surface area contributed by atoms with Crippen molar-refractivity contribution in [2.75, 3.05) is 0 Å². The van der Waals surface area contributed by atoms with Crippen molar-refractivity contribution in [1.29, 1.82) is 0 Å². The molecule has 2 rings (SSSR count). The van der Waals surface area contributed by atoms with E-state index in [9.17, 15) is 4.39 Å². The molecule has 0 radical (unpaired) electrons. The summed E-state index contributed by atoms with van der Waals surface area (Å²) in [5.41, 5.74) is 3.46. The van der Waals surface area contributed by atoms with E-state index in [4.69, 9.17) is 17.4 Å². The summed E-state index contributed by atoms with van der Waals surface area (Å²) in [6.07, 6.45) is 1.04. The highest BCUT2D eigenvalue weighted by Crippen LogP contribution is 2.58. The van der Waals surface area contributed by atoms with Crippen LogP contribution in [0, 0.1) is 17.2 Å². The minimum absolute atomic E-state index is 0.112. The Kier molecular flexibility index (Phi) is 3.51. The molecule has 2 nitrogen and oxygen atoms in total. The lowest BCUT2D eigenvalue weighted by Gasteiger charge is -2.19. The molecule has 0 aromatic heterocycles. The molecule has 1 saturated carbocycles. The fourth-order valence-electron chi connectivity index (χ4n) is 2.28. The molecule has 1 aliphatic carbocycles. The van der Waals surface area contributed by atoms with Crippen LogP contribution in [-0.4, -0.2) is 0 Å². The fourth-order valence-corrected chi connectivity index (χ4v) is 2.76. The summed E-state index contributed by atoms with van der Waals surface area (Å²) in [7, 11) is 0. The second-order valence-electron chi connectivity index (χ2n) is 5.21. The van der Waals surface area contributed by atoms with Crippen molar-refractivity contribution in [3.8, 4) is 0 Å². The lowest BCUT2D eigenvalue weighted by Crippen LogP contribution is -2.31. The van der Waals surface area contributed by atoms with Crippen LogP contribution in [0.25, 0.3) is 0 Å². The van der Waals surface area contributed by atoms with E-state index in [1.54, 1.807) is 12.1 Å². The molecule has 0 heterocycles. The molecule has 1 fully saturated rings. The standard InChI is InChI=1S/C12H15BrClFN2/c1-12(2)5-7(12)11(17-16)6-3-4-8(13)9(14)10(6)15/h3-4,7,11,17H,5,16H2,1-2H3. The molecular weight excluding hydrogens is 307 g/mol. The molecule has 3 N–H and O–H groups in total. The summed E-state index contributed by atoms with van der Waals surface area (Å²) in [5.74, 6) is 5.50. The van der Waals surface area contributed by atoms with Gasteiger partial charge in [0.1, 0.15) is 5.82 Å². The molecule has 2 unspecified atom stereocenters. The smallest absolute Gasteiger partial charge is 0.147 e. The molecule has 0 spiro atoms. The largest absolute Gasteiger partial charge is 0.271 e. The summed E-state index contributed by atoms with van der Waals surface area (Å²) in [5, 5.41) is 0.112. The van der Waals surface area contributed by atoms with Gasteiger partial charge in [0.05, 0.1) is 11.1 Å². The van der Waals surface area contributed by atoms with Gasteiger partial charge in [-0.05, 0) is 39.8 Å². The Morgan fingerprint density at radius 2 is 2.18 bits per heavy atom. The first kappa shape index (κ1) is 13.3. The maximum atomic E-state index is 14.1. The van der Waals surface area contributed by atoms with E-state index in [1.807, 2.05) is 0 Å². The van der Waals surface area contributed by atoms with Crippen molar-refractivity contribution in [2.45, 2.75) is 26.3 Å². The zero-order valence-corrected chi connectivity index (χ0v) is 12.1. The first-order valence-electron chi connectivity index (χ1n) is 5.48. The van der Waals surface area contributed by atoms with Crippen molar-refractivity contribution >= 4 is 27.5 Å². The Labute approximate surface area is 114 Å². The predicted molar refractivity (Wildman–Crippen MR) is 71.1 cm³/mol. The van der Waals surface area contributed by atoms with Gasteiger partial charge >= 0.3 is 0 Å². The Bertz CT molecular complexity index is 450. The average molecular weight is 322 g/mol. The minimum Gasteiger partial charge on any atom is -0.271 e. The summed E-state index contributed by atoms with van der Waals surface area (Å²) >= 11 is 9.09. The average Bonchev–Trinajstić information content (AvgIpc) is 2.89. The maximum Gasteiger partial charge on any atom is 0.147 e. The van der Waals surface area contributed by atoms with E-state index in [0.29, 0.717) is 16.0 Å². The maximum absolute atomic E-state index is 14.1. The molecule has 0 amide bonds. The highest BCUT2D eigenvalue weighted by Gasteiger charge is 2.50. The number of nitrogens with two attached hydrogens (primary N) is 1. The van der Waals surface area contributed by atoms with Crippen molar-refractivity contribution in [1.82, 2.24) is 5.43 Å². The van der Waals surface area contributed by atoms with Crippen molar-refractivity contribution < 1.29 is 4.39 Å². The zero-order valence-electron chi connectivity index (χ0n) is 9.73. The number of benzene rings is 1. The van der Waals surface area contributed by atoms with Gasteiger partial charge in [-0.25, -0.2) is 4.39 Å². The lowest BCUT2D eigenvalue weighted by molar-refractivity contribution is 0.409. The molecule has 0 saturated heterocycles. The highest BCUT2D eigenvalue weighted by molar-refractivity contribution is 9.10. The van der Waals surface area contributed by atoms with Crippen LogP contribution in [0.5, 0.6) is 0 Å². The topological polar surface area (TPSA) is 38.0 Å². The first-order valence-corrected chi connectivity index (χ1v) is 6.65. The van der Waals surface area contributed by atoms with Crippen LogP contribution in [0.1, 0.15) is 31.9 Å². The number of hydrazine groups is 1. The van der Waals surface area contributed by atoms with Gasteiger partial charge in [0.25, 0.3) is 0 Å². The van der Waals surface area contributed by atoms with E-state index in [1.165, 1.54) is 0 Å². The Hall–Kier alpha value is -0.160. The molecule has 5 heteroatoms. The van der Waals surface area contributed by atoms with Gasteiger partial charge in [0.15, 0.2) is 0 Å². The van der Waals surface area contributed by atoms with E-state index in [2.05, 4.69) is 35.2 Å². The van der Waals surface area contributed by atoms with Gasteiger partial charge < -0.3 is 0 Å². The van der Waals surface area contributed by atoms with Gasteiger partial charge in [-0.15, -0.1) is 0 Å². The molecule has 0 bridgehead atoms. The Morgan fingerprint density at radius 3 is 2.65 bits per heavy atom. The fraction of sp³-hybridized carbons (Fsp3) is 0.500. The molecule has 2 atom stereocenters. The van der Waals surface area contributed by atoms with Gasteiger partial charge in [-0.3, -0.25) is 11.3 Å². The van der Waals surface area contributed by atoms with E-state index in [0.717, 1.165) is 6.42 Å². The summed E-state index contributed by atoms with van der Waals surface area (Å²) < 4.78 is 14.6. The molecular formula is C12H15BrClFN2. The Balaban J connectivity index is 2.36. The quantitative estimate of drug-likeness (QED) is 0.505. The lowest BCUT2D eigenvalue weighted by atomic mass is 9.97. The summed E-state index contributed by atoms with van der Waals surface area (Å²) in [6.45, 7) is 4.31. The molecule has 0 aliphatic heterocycles. The molecule has 1 aromatic rings. The molecule has 1 aliphatic rings. The predicted octanol–water partition coefficient (Wildman–Crippen LogP) is 3.79. The second-order valence-corrected chi connectivity index (χ2v) is 6.44. The van der Waals surface area contributed by atoms with Crippen LogP contribution in [0.2, 0.25) is 5.02 Å². The van der Waals surface area contributed by atoms with Crippen molar-refractivity contribution in [2.24, 2.45) is 17.2 Å². The van der Waals surface area contributed by atoms with Gasteiger partial charge in [-0.2, -0.15) is 0 Å². The zero-order chi connectivity index (χ0) is 12.8. The van der Waals surface area contributed by atoms with Crippen LogP contribution >= 0.6 is 27.5 Å². The van der Waals surface area contributed by atoms with Crippen molar-refractivity contribution in [3.63, 3.8) is 0 Å². The van der Waals surface area contributed by atoms with E-state index in [-0.39, 0.29) is 16.5 Å². The Morgan fingerprint density at radius 1 is 1.59 bits per heavy atom. The number of nitrogens with one attached hydrogen (secondary N) is 1. The van der Waals surface area contributed by atoms with Crippen LogP contribution in [0.3, 0.4) is 0 Å². The van der Waals surface area contributed by atoms with Crippen LogP contribution in [0.15, 0.2) is 16.6 Å². The van der Waals surface area contributed by atoms with E-state index < -0.39 is 5.82 Å². The first-order chi connectivity index (χ1) is 7.88. The van der Waals surface area contributed by atoms with Crippen LogP contribution in [0.4, 0.5) is 4.39 Å². The molecule has 17 heavy (non-hydrogen) atoms. The number of hydrogen-bond donors (Lipinski definition) is 2. The van der Waals surface area contributed by atoms with Gasteiger partial charge in [0, 0.05) is 10.0 Å². The van der Waals surface area contributed by atoms with Crippen molar-refractivity contribution in [3.05, 3.63) is 33.0 Å². The van der Waals surface area contributed by atoms with Crippen LogP contribution in [-0.2, 0) is 0 Å². The van der Waals surface area contributed by atoms with Crippen LogP contribution < -0.4 is 11.3 Å². The van der Waals surface area contributed by atoms with Gasteiger partial charge in [-0.1, -0.05) is 31.5 Å². The number of rotatable bonds is 3. The molecule has 94 valence electrons. The number of hydrogen-bond acceptors (Lipinski definition) is 2. The molecule has 1 aromatic carbocycles. The normalized spacial score (nSPS) is 23.5. The second kappa shape index (κ2) is 4.50. The third-order valence-electron chi connectivity index (χ3n) is 3.57.